The van der Waals surface area contributed by atoms with Gasteiger partial charge in [-0.3, -0.25) is 4.79 Å². The molecule has 2 aromatic rings. The number of rotatable bonds is 4. The van der Waals surface area contributed by atoms with Crippen molar-refractivity contribution in [2.45, 2.75) is 25.8 Å². The Morgan fingerprint density at radius 1 is 1.48 bits per heavy atom. The molecule has 1 fully saturated rings. The van der Waals surface area contributed by atoms with Gasteiger partial charge in [0.15, 0.2) is 0 Å². The number of benzene rings is 1. The minimum atomic E-state index is 0.0635. The normalized spacial score (nSPS) is 17.7. The van der Waals surface area contributed by atoms with Crippen LogP contribution in [0.2, 0.25) is 5.02 Å². The maximum atomic E-state index is 12.9. The number of nitrogens with zero attached hydrogens (tertiary/aromatic N) is 3. The van der Waals surface area contributed by atoms with Crippen LogP contribution in [0.1, 0.15) is 28.9 Å². The number of aromatic nitrogens is 2. The standard InChI is InChI=1S/C17H21ClN4O/c1-12-16(17(23)21-8-4-7-15(21)10-19-2)11-20-22(12)14-6-3-5-13(18)9-14/h3,5-6,9,11,15,19H,4,7-8,10H2,1-2H3. The maximum absolute atomic E-state index is 12.9. The number of likely N-dealkylation sites (N-methyl/N-ethyl adjacent to an activating group) is 1. The fourth-order valence-electron chi connectivity index (χ4n) is 3.19. The molecule has 1 saturated heterocycles. The van der Waals surface area contributed by atoms with Gasteiger partial charge in [-0.15, -0.1) is 0 Å². The molecule has 1 atom stereocenters. The van der Waals surface area contributed by atoms with E-state index in [0.717, 1.165) is 37.3 Å². The van der Waals surface area contributed by atoms with Crippen LogP contribution in [0.3, 0.4) is 0 Å². The predicted octanol–water partition coefficient (Wildman–Crippen LogP) is 2.66. The van der Waals surface area contributed by atoms with Gasteiger partial charge in [0.25, 0.3) is 5.91 Å². The van der Waals surface area contributed by atoms with Gasteiger partial charge in [0.05, 0.1) is 23.1 Å². The number of nitrogens with one attached hydrogen (secondary N) is 1. The molecule has 1 amide bonds. The lowest BCUT2D eigenvalue weighted by atomic mass is 10.2. The molecule has 1 aromatic heterocycles. The molecule has 1 unspecified atom stereocenters. The van der Waals surface area contributed by atoms with E-state index < -0.39 is 0 Å². The number of hydrogen-bond acceptors (Lipinski definition) is 3. The van der Waals surface area contributed by atoms with Gasteiger partial charge < -0.3 is 10.2 Å². The second-order valence-corrected chi connectivity index (χ2v) is 6.32. The largest absolute Gasteiger partial charge is 0.334 e. The first-order valence-electron chi connectivity index (χ1n) is 7.88. The van der Waals surface area contributed by atoms with Gasteiger partial charge in [0.2, 0.25) is 0 Å². The lowest BCUT2D eigenvalue weighted by molar-refractivity contribution is 0.0736. The molecule has 0 spiro atoms. The summed E-state index contributed by atoms with van der Waals surface area (Å²) in [6.45, 7) is 3.56. The van der Waals surface area contributed by atoms with Crippen LogP contribution in [0.15, 0.2) is 30.5 Å². The highest BCUT2D eigenvalue weighted by molar-refractivity contribution is 6.30. The van der Waals surface area contributed by atoms with E-state index in [4.69, 9.17) is 11.6 Å². The Balaban J connectivity index is 1.88. The lowest BCUT2D eigenvalue weighted by Crippen LogP contribution is -2.41. The van der Waals surface area contributed by atoms with Crippen molar-refractivity contribution in [2.24, 2.45) is 0 Å². The Hall–Kier alpha value is -1.85. The van der Waals surface area contributed by atoms with E-state index in [0.29, 0.717) is 10.6 Å². The van der Waals surface area contributed by atoms with Gasteiger partial charge in [-0.05, 0) is 45.0 Å². The number of amides is 1. The average molecular weight is 333 g/mol. The summed E-state index contributed by atoms with van der Waals surface area (Å²) >= 11 is 6.05. The molecule has 0 aliphatic carbocycles. The highest BCUT2D eigenvalue weighted by Gasteiger charge is 2.30. The van der Waals surface area contributed by atoms with Crippen molar-refractivity contribution >= 4 is 17.5 Å². The third-order valence-electron chi connectivity index (χ3n) is 4.37. The van der Waals surface area contributed by atoms with Crippen molar-refractivity contribution in [2.75, 3.05) is 20.1 Å². The van der Waals surface area contributed by atoms with Gasteiger partial charge >= 0.3 is 0 Å². The highest BCUT2D eigenvalue weighted by atomic mass is 35.5. The monoisotopic (exact) mass is 332 g/mol. The molecule has 0 bridgehead atoms. The van der Waals surface area contributed by atoms with Crippen molar-refractivity contribution in [1.82, 2.24) is 20.0 Å². The van der Waals surface area contributed by atoms with E-state index in [1.807, 2.05) is 43.1 Å². The fourth-order valence-corrected chi connectivity index (χ4v) is 3.38. The Kier molecular flexibility index (Phi) is 4.68. The summed E-state index contributed by atoms with van der Waals surface area (Å²) < 4.78 is 1.77. The SMILES string of the molecule is CNCC1CCCN1C(=O)c1cnn(-c2cccc(Cl)c2)c1C. The molecule has 0 radical (unpaired) electrons. The van der Waals surface area contributed by atoms with Crippen LogP contribution >= 0.6 is 11.6 Å². The summed E-state index contributed by atoms with van der Waals surface area (Å²) in [5.41, 5.74) is 2.36. The maximum Gasteiger partial charge on any atom is 0.257 e. The summed E-state index contributed by atoms with van der Waals surface area (Å²) in [7, 11) is 1.92. The lowest BCUT2D eigenvalue weighted by Gasteiger charge is -2.24. The van der Waals surface area contributed by atoms with Gasteiger partial charge in [-0.2, -0.15) is 5.10 Å². The third-order valence-corrected chi connectivity index (χ3v) is 4.61. The Bertz CT molecular complexity index is 712. The van der Waals surface area contributed by atoms with E-state index in [9.17, 15) is 4.79 Å². The molecule has 2 heterocycles. The molecule has 0 saturated carbocycles. The molecule has 1 aromatic carbocycles. The molecule has 122 valence electrons. The van der Waals surface area contributed by atoms with E-state index in [1.165, 1.54) is 0 Å². The average Bonchev–Trinajstić information content (AvgIpc) is 3.14. The molecule has 1 N–H and O–H groups in total. The summed E-state index contributed by atoms with van der Waals surface area (Å²) in [5, 5.41) is 8.21. The highest BCUT2D eigenvalue weighted by Crippen LogP contribution is 2.23. The van der Waals surface area contributed by atoms with Crippen LogP contribution in [0.4, 0.5) is 0 Å². The molecule has 23 heavy (non-hydrogen) atoms. The van der Waals surface area contributed by atoms with E-state index in [-0.39, 0.29) is 11.9 Å². The van der Waals surface area contributed by atoms with Crippen LogP contribution < -0.4 is 5.32 Å². The van der Waals surface area contributed by atoms with Gasteiger partial charge in [0.1, 0.15) is 0 Å². The summed E-state index contributed by atoms with van der Waals surface area (Å²) in [6, 6.07) is 7.74. The number of hydrogen-bond donors (Lipinski definition) is 1. The quantitative estimate of drug-likeness (QED) is 0.936. The predicted molar refractivity (Wildman–Crippen MR) is 91.3 cm³/mol. The zero-order valence-corrected chi connectivity index (χ0v) is 14.2. The molecule has 1 aliphatic heterocycles. The topological polar surface area (TPSA) is 50.2 Å². The Labute approximate surface area is 141 Å². The Morgan fingerprint density at radius 3 is 3.04 bits per heavy atom. The van der Waals surface area contributed by atoms with Crippen molar-refractivity contribution < 1.29 is 4.79 Å². The number of halogens is 1. The number of carbonyl (C=O) groups is 1. The first-order valence-corrected chi connectivity index (χ1v) is 8.25. The zero-order chi connectivity index (χ0) is 16.4. The van der Waals surface area contributed by atoms with Crippen molar-refractivity contribution in [3.8, 4) is 5.69 Å². The Morgan fingerprint density at radius 2 is 2.30 bits per heavy atom. The summed E-state index contributed by atoms with van der Waals surface area (Å²) in [6.07, 6.45) is 3.76. The van der Waals surface area contributed by atoms with E-state index in [1.54, 1.807) is 10.9 Å². The molecular formula is C17H21ClN4O. The van der Waals surface area contributed by atoms with Crippen molar-refractivity contribution in [1.29, 1.82) is 0 Å². The van der Waals surface area contributed by atoms with Crippen LogP contribution in [0.25, 0.3) is 5.69 Å². The first-order chi connectivity index (χ1) is 11.1. The van der Waals surface area contributed by atoms with E-state index in [2.05, 4.69) is 10.4 Å². The van der Waals surface area contributed by atoms with Crippen LogP contribution in [0, 0.1) is 6.92 Å². The second-order valence-electron chi connectivity index (χ2n) is 5.89. The minimum absolute atomic E-state index is 0.0635. The zero-order valence-electron chi connectivity index (χ0n) is 13.4. The third kappa shape index (κ3) is 3.12. The van der Waals surface area contributed by atoms with Gasteiger partial charge in [-0.1, -0.05) is 17.7 Å². The van der Waals surface area contributed by atoms with Crippen molar-refractivity contribution in [3.05, 3.63) is 46.7 Å². The van der Waals surface area contributed by atoms with Gasteiger partial charge in [0, 0.05) is 24.2 Å². The molecule has 1 aliphatic rings. The number of likely N-dealkylation sites (tertiary alicyclic amines) is 1. The van der Waals surface area contributed by atoms with Gasteiger partial charge in [-0.25, -0.2) is 4.68 Å². The summed E-state index contributed by atoms with van der Waals surface area (Å²) in [4.78, 5) is 14.8. The fraction of sp³-hybridized carbons (Fsp3) is 0.412. The molecular weight excluding hydrogens is 312 g/mol. The molecule has 3 rings (SSSR count). The van der Waals surface area contributed by atoms with E-state index >= 15 is 0 Å². The number of carbonyl (C=O) groups excluding carboxylic acids is 1. The smallest absolute Gasteiger partial charge is 0.257 e. The minimum Gasteiger partial charge on any atom is -0.334 e. The second kappa shape index (κ2) is 6.72. The molecule has 6 heteroatoms. The van der Waals surface area contributed by atoms with Crippen LogP contribution in [-0.4, -0.2) is 46.8 Å². The van der Waals surface area contributed by atoms with Crippen LogP contribution in [0.5, 0.6) is 0 Å². The van der Waals surface area contributed by atoms with Crippen molar-refractivity contribution in [3.63, 3.8) is 0 Å². The first kappa shape index (κ1) is 16.0. The summed E-state index contributed by atoms with van der Waals surface area (Å²) in [5.74, 6) is 0.0635. The van der Waals surface area contributed by atoms with Crippen LogP contribution in [-0.2, 0) is 0 Å². The molecule has 5 nitrogen and oxygen atoms in total.